The number of ether oxygens (including phenoxy) is 2. The smallest absolute Gasteiger partial charge is 0.118 e. The van der Waals surface area contributed by atoms with Crippen LogP contribution in [0.1, 0.15) is 24.0 Å². The highest BCUT2D eigenvalue weighted by molar-refractivity contribution is 5.28. The molecule has 1 saturated heterocycles. The van der Waals surface area contributed by atoms with Crippen molar-refractivity contribution in [3.8, 4) is 11.5 Å². The molecular formula is C28H38N2O2. The zero-order valence-corrected chi connectivity index (χ0v) is 19.7. The lowest BCUT2D eigenvalue weighted by Crippen LogP contribution is -2.46. The molecule has 1 heterocycles. The van der Waals surface area contributed by atoms with E-state index in [1.807, 2.05) is 24.3 Å². The molecule has 32 heavy (non-hydrogen) atoms. The van der Waals surface area contributed by atoms with Crippen molar-refractivity contribution in [1.82, 2.24) is 9.80 Å². The summed E-state index contributed by atoms with van der Waals surface area (Å²) in [6.07, 6.45) is 13.7. The molecule has 1 fully saturated rings. The Kier molecular flexibility index (Phi) is 10.4. The molecular weight excluding hydrogens is 396 g/mol. The summed E-state index contributed by atoms with van der Waals surface area (Å²) in [5.41, 5.74) is 2.72. The molecule has 0 N–H and O–H groups in total. The van der Waals surface area contributed by atoms with Gasteiger partial charge in [0.1, 0.15) is 11.5 Å². The van der Waals surface area contributed by atoms with Crippen molar-refractivity contribution < 1.29 is 9.47 Å². The Morgan fingerprint density at radius 2 is 0.969 bits per heavy atom. The van der Waals surface area contributed by atoms with Crippen LogP contribution in [0.5, 0.6) is 11.5 Å². The molecule has 0 saturated carbocycles. The fraction of sp³-hybridized carbons (Fsp3) is 0.429. The molecule has 0 aromatic heterocycles. The third-order valence-corrected chi connectivity index (χ3v) is 6.04. The highest BCUT2D eigenvalue weighted by atomic mass is 16.5. The summed E-state index contributed by atoms with van der Waals surface area (Å²) in [5, 5.41) is 0. The molecule has 0 bridgehead atoms. The van der Waals surface area contributed by atoms with E-state index < -0.39 is 0 Å². The molecule has 1 aliphatic heterocycles. The lowest BCUT2D eigenvalue weighted by atomic mass is 10.1. The van der Waals surface area contributed by atoms with E-state index in [-0.39, 0.29) is 0 Å². The third kappa shape index (κ3) is 8.52. The Balaban J connectivity index is 1.23. The molecule has 2 aromatic carbocycles. The second-order valence-corrected chi connectivity index (χ2v) is 8.32. The van der Waals surface area contributed by atoms with E-state index in [1.54, 1.807) is 14.2 Å². The van der Waals surface area contributed by atoms with E-state index >= 15 is 0 Å². The van der Waals surface area contributed by atoms with Crippen LogP contribution in [-0.4, -0.2) is 63.3 Å². The Morgan fingerprint density at radius 3 is 1.31 bits per heavy atom. The summed E-state index contributed by atoms with van der Waals surface area (Å²) >= 11 is 0. The molecule has 0 amide bonds. The molecule has 0 unspecified atom stereocenters. The molecule has 0 atom stereocenters. The maximum Gasteiger partial charge on any atom is 0.118 e. The van der Waals surface area contributed by atoms with Gasteiger partial charge in [-0.3, -0.25) is 9.80 Å². The van der Waals surface area contributed by atoms with E-state index in [4.69, 9.17) is 9.47 Å². The maximum absolute atomic E-state index is 5.21. The molecule has 2 aromatic rings. The van der Waals surface area contributed by atoms with Crippen LogP contribution in [0.25, 0.3) is 0 Å². The lowest BCUT2D eigenvalue weighted by molar-refractivity contribution is 0.153. The fourth-order valence-electron chi connectivity index (χ4n) is 3.92. The fourth-order valence-corrected chi connectivity index (χ4v) is 3.92. The summed E-state index contributed by atoms with van der Waals surface area (Å²) in [4.78, 5) is 5.10. The van der Waals surface area contributed by atoms with Crippen LogP contribution >= 0.6 is 0 Å². The monoisotopic (exact) mass is 434 g/mol. The van der Waals surface area contributed by atoms with Gasteiger partial charge in [-0.15, -0.1) is 0 Å². The van der Waals surface area contributed by atoms with Gasteiger partial charge in [0.15, 0.2) is 0 Å². The van der Waals surface area contributed by atoms with Crippen LogP contribution in [0.4, 0.5) is 0 Å². The zero-order chi connectivity index (χ0) is 22.4. The molecule has 4 nitrogen and oxygen atoms in total. The molecule has 0 radical (unpaired) electrons. The summed E-state index contributed by atoms with van der Waals surface area (Å²) in [6, 6.07) is 16.8. The van der Waals surface area contributed by atoms with E-state index in [0.717, 1.165) is 76.5 Å². The van der Waals surface area contributed by atoms with Crippen molar-refractivity contribution in [1.29, 1.82) is 0 Å². The van der Waals surface area contributed by atoms with Crippen LogP contribution in [0, 0.1) is 0 Å². The molecule has 4 heteroatoms. The summed E-state index contributed by atoms with van der Waals surface area (Å²) < 4.78 is 10.4. The van der Waals surface area contributed by atoms with Gasteiger partial charge >= 0.3 is 0 Å². The standard InChI is InChI=1S/C28H38N2O2/c1-31-27-15-11-25(12-16-27)9-5-3-7-19-29-21-23-30(24-22-29)20-8-4-6-10-26-13-17-28(32-2)18-14-26/h3-4,7-8,11-18H,5-6,9-10,19-24H2,1-2H3/b7-3+,8-4+. The minimum atomic E-state index is 0.924. The second-order valence-electron chi connectivity index (χ2n) is 8.32. The summed E-state index contributed by atoms with van der Waals surface area (Å²) in [5.74, 6) is 1.85. The number of nitrogens with zero attached hydrogens (tertiary/aromatic N) is 2. The van der Waals surface area contributed by atoms with E-state index in [2.05, 4.69) is 58.4 Å². The van der Waals surface area contributed by atoms with Gasteiger partial charge in [-0.2, -0.15) is 0 Å². The van der Waals surface area contributed by atoms with Crippen molar-refractivity contribution in [3.05, 3.63) is 84.0 Å². The molecule has 172 valence electrons. The highest BCUT2D eigenvalue weighted by Crippen LogP contribution is 2.14. The average molecular weight is 435 g/mol. The number of aryl methyl sites for hydroxylation is 2. The van der Waals surface area contributed by atoms with Crippen LogP contribution in [0.3, 0.4) is 0 Å². The number of rotatable bonds is 12. The number of hydrogen-bond acceptors (Lipinski definition) is 4. The average Bonchev–Trinajstić information content (AvgIpc) is 2.85. The lowest BCUT2D eigenvalue weighted by Gasteiger charge is -2.33. The number of hydrogen-bond donors (Lipinski definition) is 0. The first kappa shape index (κ1) is 24.1. The van der Waals surface area contributed by atoms with Crippen molar-refractivity contribution in [3.63, 3.8) is 0 Å². The number of piperazine rings is 1. The Bertz CT molecular complexity index is 748. The molecule has 0 aliphatic carbocycles. The minimum absolute atomic E-state index is 0.924. The van der Waals surface area contributed by atoms with Gasteiger partial charge in [0.25, 0.3) is 0 Å². The number of methoxy groups -OCH3 is 2. The minimum Gasteiger partial charge on any atom is -0.497 e. The normalized spacial score (nSPS) is 15.6. The van der Waals surface area contributed by atoms with Crippen LogP contribution < -0.4 is 9.47 Å². The number of benzene rings is 2. The Hall–Kier alpha value is -2.56. The van der Waals surface area contributed by atoms with Gasteiger partial charge in [-0.25, -0.2) is 0 Å². The molecule has 1 aliphatic rings. The van der Waals surface area contributed by atoms with Gasteiger partial charge in [0.2, 0.25) is 0 Å². The SMILES string of the molecule is COc1ccc(CC/C=C/CN2CCN(C/C=C/CCc3ccc(OC)cc3)CC2)cc1. The summed E-state index contributed by atoms with van der Waals surface area (Å²) in [6.45, 7) is 6.75. The van der Waals surface area contributed by atoms with E-state index in [9.17, 15) is 0 Å². The summed E-state index contributed by atoms with van der Waals surface area (Å²) in [7, 11) is 3.42. The zero-order valence-electron chi connectivity index (χ0n) is 19.7. The van der Waals surface area contributed by atoms with Crippen molar-refractivity contribution in [2.45, 2.75) is 25.7 Å². The first-order chi connectivity index (χ1) is 15.8. The molecule has 3 rings (SSSR count). The van der Waals surface area contributed by atoms with Gasteiger partial charge in [0.05, 0.1) is 14.2 Å². The van der Waals surface area contributed by atoms with Gasteiger partial charge < -0.3 is 9.47 Å². The number of allylic oxidation sites excluding steroid dienone is 2. The van der Waals surface area contributed by atoms with E-state index in [1.165, 1.54) is 11.1 Å². The predicted octanol–water partition coefficient (Wildman–Crippen LogP) is 5.00. The second kappa shape index (κ2) is 13.8. The van der Waals surface area contributed by atoms with Crippen molar-refractivity contribution >= 4 is 0 Å². The highest BCUT2D eigenvalue weighted by Gasteiger charge is 2.14. The van der Waals surface area contributed by atoms with Crippen molar-refractivity contribution in [2.75, 3.05) is 53.5 Å². The first-order valence-corrected chi connectivity index (χ1v) is 11.8. The third-order valence-electron chi connectivity index (χ3n) is 6.04. The van der Waals surface area contributed by atoms with E-state index in [0.29, 0.717) is 0 Å². The van der Waals surface area contributed by atoms with Gasteiger partial charge in [-0.1, -0.05) is 48.6 Å². The first-order valence-electron chi connectivity index (χ1n) is 11.8. The largest absolute Gasteiger partial charge is 0.497 e. The maximum atomic E-state index is 5.21. The Labute approximate surface area is 194 Å². The topological polar surface area (TPSA) is 24.9 Å². The predicted molar refractivity (Wildman–Crippen MR) is 134 cm³/mol. The van der Waals surface area contributed by atoms with Crippen LogP contribution in [-0.2, 0) is 12.8 Å². The molecule has 0 spiro atoms. The van der Waals surface area contributed by atoms with Crippen LogP contribution in [0.2, 0.25) is 0 Å². The Morgan fingerprint density at radius 1 is 0.594 bits per heavy atom. The van der Waals surface area contributed by atoms with Crippen LogP contribution in [0.15, 0.2) is 72.8 Å². The van der Waals surface area contributed by atoms with Gasteiger partial charge in [0, 0.05) is 39.3 Å². The van der Waals surface area contributed by atoms with Gasteiger partial charge in [-0.05, 0) is 61.1 Å². The quantitative estimate of drug-likeness (QED) is 0.439. The van der Waals surface area contributed by atoms with Crippen molar-refractivity contribution in [2.24, 2.45) is 0 Å².